The van der Waals surface area contributed by atoms with Crippen molar-refractivity contribution >= 4 is 34.0 Å². The standard InChI is InChI=1S/C10H12BrN3.ClH/c1-6(2)10-13-12-9-5-4-8(11)7(3)14(9)10;/h4-6H,1-3H3;1H. The van der Waals surface area contributed by atoms with Crippen molar-refractivity contribution in [3.8, 4) is 0 Å². The zero-order valence-corrected chi connectivity index (χ0v) is 11.3. The molecule has 0 aliphatic rings. The highest BCUT2D eigenvalue weighted by Gasteiger charge is 2.11. The van der Waals surface area contributed by atoms with Gasteiger partial charge in [0.15, 0.2) is 5.65 Å². The van der Waals surface area contributed by atoms with Crippen molar-refractivity contribution < 1.29 is 0 Å². The van der Waals surface area contributed by atoms with Gasteiger partial charge in [-0.05, 0) is 35.0 Å². The van der Waals surface area contributed by atoms with E-state index >= 15 is 0 Å². The summed E-state index contributed by atoms with van der Waals surface area (Å²) in [4.78, 5) is 0. The van der Waals surface area contributed by atoms with Crippen molar-refractivity contribution in [2.75, 3.05) is 0 Å². The van der Waals surface area contributed by atoms with E-state index in [-0.39, 0.29) is 12.4 Å². The molecule has 3 nitrogen and oxygen atoms in total. The first-order chi connectivity index (χ1) is 6.61. The largest absolute Gasteiger partial charge is 0.282 e. The van der Waals surface area contributed by atoms with Crippen molar-refractivity contribution in [2.45, 2.75) is 26.7 Å². The third-order valence-corrected chi connectivity index (χ3v) is 3.13. The van der Waals surface area contributed by atoms with Gasteiger partial charge in [0.25, 0.3) is 0 Å². The van der Waals surface area contributed by atoms with Gasteiger partial charge in [-0.2, -0.15) is 0 Å². The molecule has 2 aromatic heterocycles. The topological polar surface area (TPSA) is 30.2 Å². The molecule has 0 amide bonds. The summed E-state index contributed by atoms with van der Waals surface area (Å²) in [7, 11) is 0. The number of aryl methyl sites for hydroxylation is 1. The second-order valence-electron chi connectivity index (χ2n) is 3.67. The van der Waals surface area contributed by atoms with E-state index in [9.17, 15) is 0 Å². The Morgan fingerprint density at radius 2 is 1.93 bits per heavy atom. The van der Waals surface area contributed by atoms with Gasteiger partial charge in [-0.3, -0.25) is 4.40 Å². The third kappa shape index (κ3) is 2.01. The zero-order chi connectivity index (χ0) is 10.3. The second kappa shape index (κ2) is 4.49. The lowest BCUT2D eigenvalue weighted by Gasteiger charge is -2.07. The summed E-state index contributed by atoms with van der Waals surface area (Å²) in [6.45, 7) is 6.31. The number of hydrogen-bond donors (Lipinski definition) is 0. The van der Waals surface area contributed by atoms with Crippen LogP contribution >= 0.6 is 28.3 Å². The first kappa shape index (κ1) is 12.5. The number of rotatable bonds is 1. The molecule has 0 radical (unpaired) electrons. The van der Waals surface area contributed by atoms with Crippen molar-refractivity contribution in [1.82, 2.24) is 14.6 Å². The van der Waals surface area contributed by atoms with Crippen LogP contribution in [-0.4, -0.2) is 14.6 Å². The third-order valence-electron chi connectivity index (χ3n) is 2.29. The number of pyridine rings is 1. The summed E-state index contributed by atoms with van der Waals surface area (Å²) in [6, 6.07) is 3.97. The van der Waals surface area contributed by atoms with Crippen molar-refractivity contribution in [1.29, 1.82) is 0 Å². The Hall–Kier alpha value is -0.610. The summed E-state index contributed by atoms with van der Waals surface area (Å²) >= 11 is 3.51. The van der Waals surface area contributed by atoms with Crippen molar-refractivity contribution in [2.24, 2.45) is 0 Å². The van der Waals surface area contributed by atoms with E-state index in [2.05, 4.69) is 51.3 Å². The van der Waals surface area contributed by atoms with E-state index in [1.807, 2.05) is 12.1 Å². The lowest BCUT2D eigenvalue weighted by Crippen LogP contribution is -2.00. The van der Waals surface area contributed by atoms with Gasteiger partial charge in [0.05, 0.1) is 0 Å². The molecule has 0 N–H and O–H groups in total. The molecular formula is C10H13BrClN3. The van der Waals surface area contributed by atoms with Crippen LogP contribution in [0.5, 0.6) is 0 Å². The van der Waals surface area contributed by atoms with Crippen LogP contribution in [0.15, 0.2) is 16.6 Å². The average Bonchev–Trinajstić information content (AvgIpc) is 2.55. The van der Waals surface area contributed by atoms with E-state index in [1.165, 1.54) is 0 Å². The number of fused-ring (bicyclic) bond motifs is 1. The van der Waals surface area contributed by atoms with Crippen LogP contribution in [0.4, 0.5) is 0 Å². The van der Waals surface area contributed by atoms with Gasteiger partial charge >= 0.3 is 0 Å². The fourth-order valence-electron chi connectivity index (χ4n) is 1.51. The van der Waals surface area contributed by atoms with Crippen molar-refractivity contribution in [3.63, 3.8) is 0 Å². The SMILES string of the molecule is Cc1c(Br)ccc2nnc(C(C)C)n12.Cl. The average molecular weight is 291 g/mol. The van der Waals surface area contributed by atoms with E-state index in [1.54, 1.807) is 0 Å². The molecule has 0 saturated carbocycles. The molecule has 0 saturated heterocycles. The number of hydrogen-bond acceptors (Lipinski definition) is 2. The fourth-order valence-corrected chi connectivity index (χ4v) is 1.82. The molecule has 2 rings (SSSR count). The molecule has 2 aromatic rings. The maximum absolute atomic E-state index is 4.19. The Balaban J connectivity index is 0.00000112. The van der Waals surface area contributed by atoms with Gasteiger partial charge in [-0.15, -0.1) is 22.6 Å². The number of aromatic nitrogens is 3. The molecule has 0 bridgehead atoms. The first-order valence-electron chi connectivity index (χ1n) is 4.61. The highest BCUT2D eigenvalue weighted by molar-refractivity contribution is 9.10. The Kier molecular flexibility index (Phi) is 3.73. The predicted octanol–water partition coefficient (Wildman–Crippen LogP) is 3.35. The van der Waals surface area contributed by atoms with Gasteiger partial charge in [-0.1, -0.05) is 13.8 Å². The summed E-state index contributed by atoms with van der Waals surface area (Å²) in [5, 5.41) is 8.32. The Labute approximate surface area is 103 Å². The van der Waals surface area contributed by atoms with Crippen LogP contribution < -0.4 is 0 Å². The van der Waals surface area contributed by atoms with E-state index in [0.717, 1.165) is 21.6 Å². The van der Waals surface area contributed by atoms with E-state index in [4.69, 9.17) is 0 Å². The van der Waals surface area contributed by atoms with Gasteiger partial charge in [0.1, 0.15) is 5.82 Å². The van der Waals surface area contributed by atoms with Crippen LogP contribution in [0, 0.1) is 6.92 Å². The highest BCUT2D eigenvalue weighted by Crippen LogP contribution is 2.21. The maximum Gasteiger partial charge on any atom is 0.161 e. The minimum atomic E-state index is 0. The van der Waals surface area contributed by atoms with Gasteiger partial charge in [-0.25, -0.2) is 0 Å². The summed E-state index contributed by atoms with van der Waals surface area (Å²) in [5.41, 5.74) is 2.06. The van der Waals surface area contributed by atoms with Gasteiger partial charge in [0, 0.05) is 16.1 Å². The molecule has 82 valence electrons. The second-order valence-corrected chi connectivity index (χ2v) is 4.53. The molecule has 0 spiro atoms. The Bertz CT molecular complexity index is 479. The Morgan fingerprint density at radius 3 is 2.53 bits per heavy atom. The molecular weight excluding hydrogens is 277 g/mol. The molecule has 0 fully saturated rings. The molecule has 0 atom stereocenters. The fraction of sp³-hybridized carbons (Fsp3) is 0.400. The molecule has 0 aliphatic heterocycles. The molecule has 0 unspecified atom stereocenters. The van der Waals surface area contributed by atoms with Crippen molar-refractivity contribution in [3.05, 3.63) is 28.1 Å². The number of nitrogens with zero attached hydrogens (tertiary/aromatic N) is 3. The minimum absolute atomic E-state index is 0. The highest BCUT2D eigenvalue weighted by atomic mass is 79.9. The first-order valence-corrected chi connectivity index (χ1v) is 5.40. The minimum Gasteiger partial charge on any atom is -0.282 e. The van der Waals surface area contributed by atoms with Crippen LogP contribution in [0.3, 0.4) is 0 Å². The van der Waals surface area contributed by atoms with E-state index < -0.39 is 0 Å². The van der Waals surface area contributed by atoms with Gasteiger partial charge in [0.2, 0.25) is 0 Å². The Morgan fingerprint density at radius 1 is 1.27 bits per heavy atom. The van der Waals surface area contributed by atoms with Crippen LogP contribution in [0.1, 0.15) is 31.3 Å². The maximum atomic E-state index is 4.19. The molecule has 2 heterocycles. The van der Waals surface area contributed by atoms with Crippen LogP contribution in [0.25, 0.3) is 5.65 Å². The van der Waals surface area contributed by atoms with Crippen LogP contribution in [-0.2, 0) is 0 Å². The lowest BCUT2D eigenvalue weighted by molar-refractivity contribution is 0.751. The lowest BCUT2D eigenvalue weighted by atomic mass is 10.2. The van der Waals surface area contributed by atoms with Crippen LogP contribution in [0.2, 0.25) is 0 Å². The molecule has 15 heavy (non-hydrogen) atoms. The predicted molar refractivity (Wildman–Crippen MR) is 66.8 cm³/mol. The van der Waals surface area contributed by atoms with E-state index in [0.29, 0.717) is 5.92 Å². The normalized spacial score (nSPS) is 10.7. The summed E-state index contributed by atoms with van der Waals surface area (Å²) in [5.74, 6) is 1.40. The molecule has 0 aliphatic carbocycles. The quantitative estimate of drug-likeness (QED) is 0.806. The molecule has 0 aromatic carbocycles. The number of halogens is 2. The monoisotopic (exact) mass is 289 g/mol. The summed E-state index contributed by atoms with van der Waals surface area (Å²) in [6.07, 6.45) is 0. The summed E-state index contributed by atoms with van der Waals surface area (Å²) < 4.78 is 3.18. The zero-order valence-electron chi connectivity index (χ0n) is 8.86. The molecule has 5 heteroatoms. The smallest absolute Gasteiger partial charge is 0.161 e. The van der Waals surface area contributed by atoms with Gasteiger partial charge < -0.3 is 0 Å².